The second kappa shape index (κ2) is 9.85. The van der Waals surface area contributed by atoms with E-state index < -0.39 is 23.6 Å². The first kappa shape index (κ1) is 23.8. The Labute approximate surface area is 198 Å². The van der Waals surface area contributed by atoms with E-state index in [0.29, 0.717) is 13.0 Å². The number of benzene rings is 2. The molecule has 4 rings (SSSR count). The largest absolute Gasteiger partial charge is 0.479 e. The molecule has 34 heavy (non-hydrogen) atoms. The van der Waals surface area contributed by atoms with Gasteiger partial charge in [0, 0.05) is 38.5 Å². The Balaban J connectivity index is 1.36. The summed E-state index contributed by atoms with van der Waals surface area (Å²) in [4.78, 5) is 38.5. The lowest BCUT2D eigenvalue weighted by Crippen LogP contribution is -2.56. The van der Waals surface area contributed by atoms with Gasteiger partial charge in [0.05, 0.1) is 6.61 Å². The number of carbonyl (C=O) groups is 3. The van der Waals surface area contributed by atoms with Crippen molar-refractivity contribution >= 4 is 18.0 Å². The Morgan fingerprint density at radius 1 is 1.15 bits per heavy atom. The molecule has 0 spiro atoms. The van der Waals surface area contributed by atoms with Crippen molar-refractivity contribution in [1.29, 1.82) is 0 Å². The molecule has 0 aromatic heterocycles. The van der Waals surface area contributed by atoms with E-state index in [1.807, 2.05) is 31.2 Å². The van der Waals surface area contributed by atoms with Gasteiger partial charge < -0.3 is 24.8 Å². The summed E-state index contributed by atoms with van der Waals surface area (Å²) in [6.45, 7) is 2.29. The van der Waals surface area contributed by atoms with E-state index in [1.54, 1.807) is 0 Å². The maximum absolute atomic E-state index is 12.8. The van der Waals surface area contributed by atoms with Crippen molar-refractivity contribution in [2.24, 2.45) is 0 Å². The minimum Gasteiger partial charge on any atom is -0.479 e. The Hall–Kier alpha value is -3.39. The lowest BCUT2D eigenvalue weighted by Gasteiger charge is -2.34. The van der Waals surface area contributed by atoms with Gasteiger partial charge in [-0.15, -0.1) is 0 Å². The van der Waals surface area contributed by atoms with Gasteiger partial charge in [-0.3, -0.25) is 4.79 Å². The van der Waals surface area contributed by atoms with Gasteiger partial charge in [0.1, 0.15) is 6.61 Å². The van der Waals surface area contributed by atoms with Crippen LogP contribution in [0.1, 0.15) is 43.2 Å². The number of carbonyl (C=O) groups excluding carboxylic acids is 2. The molecule has 8 heteroatoms. The van der Waals surface area contributed by atoms with E-state index >= 15 is 0 Å². The molecular weight excluding hydrogens is 436 g/mol. The number of nitrogens with zero attached hydrogens (tertiary/aromatic N) is 1. The molecule has 0 radical (unpaired) electrons. The first-order valence-corrected chi connectivity index (χ1v) is 11.6. The number of amides is 2. The van der Waals surface area contributed by atoms with Crippen LogP contribution in [0.4, 0.5) is 4.79 Å². The number of ether oxygens (including phenoxy) is 2. The fourth-order valence-corrected chi connectivity index (χ4v) is 4.82. The predicted molar refractivity (Wildman–Crippen MR) is 125 cm³/mol. The van der Waals surface area contributed by atoms with Crippen molar-refractivity contribution in [1.82, 2.24) is 10.2 Å². The minimum absolute atomic E-state index is 0.0216. The van der Waals surface area contributed by atoms with Crippen LogP contribution in [-0.2, 0) is 19.1 Å². The SMILES string of the molecule is CC[C@H](CC(=O)N(C)C1(C(=O)O)CCOC1)NC(=O)OCC1c2ccccc2-c2ccccc21. The van der Waals surface area contributed by atoms with Crippen LogP contribution in [0.25, 0.3) is 11.1 Å². The summed E-state index contributed by atoms with van der Waals surface area (Å²) in [5.74, 6) is -1.50. The van der Waals surface area contributed by atoms with Gasteiger partial charge >= 0.3 is 12.1 Å². The zero-order valence-electron chi connectivity index (χ0n) is 19.5. The van der Waals surface area contributed by atoms with Crippen LogP contribution >= 0.6 is 0 Å². The monoisotopic (exact) mass is 466 g/mol. The molecule has 8 nitrogen and oxygen atoms in total. The zero-order valence-corrected chi connectivity index (χ0v) is 19.5. The Kier molecular flexibility index (Phi) is 6.88. The molecular formula is C26H30N2O6. The third-order valence-electron chi connectivity index (χ3n) is 6.99. The standard InChI is InChI=1S/C26H30N2O6/c1-3-17(14-23(29)28(2)26(24(30)31)12-13-33-16-26)27-25(32)34-15-22-20-10-6-4-8-18(20)19-9-5-7-11-21(19)22/h4-11,17,22H,3,12-16H2,1-2H3,(H,27,32)(H,30,31)/t17-,26?/m1/s1. The summed E-state index contributed by atoms with van der Waals surface area (Å²) in [5, 5.41) is 12.4. The first-order chi connectivity index (χ1) is 16.4. The molecule has 2 aromatic carbocycles. The smallest absolute Gasteiger partial charge is 0.407 e. The Bertz CT molecular complexity index is 1030. The maximum atomic E-state index is 12.8. The number of hydrogen-bond acceptors (Lipinski definition) is 5. The summed E-state index contributed by atoms with van der Waals surface area (Å²) >= 11 is 0. The average Bonchev–Trinajstić information content (AvgIpc) is 3.46. The maximum Gasteiger partial charge on any atom is 0.407 e. The molecule has 1 heterocycles. The summed E-state index contributed by atoms with van der Waals surface area (Å²) in [7, 11) is 1.48. The van der Waals surface area contributed by atoms with Crippen LogP contribution in [-0.4, -0.2) is 66.4 Å². The van der Waals surface area contributed by atoms with Crippen LogP contribution in [0.15, 0.2) is 48.5 Å². The van der Waals surface area contributed by atoms with Crippen molar-refractivity contribution in [3.63, 3.8) is 0 Å². The molecule has 1 saturated heterocycles. The highest BCUT2D eigenvalue weighted by Gasteiger charge is 2.48. The number of rotatable bonds is 8. The van der Waals surface area contributed by atoms with Crippen molar-refractivity contribution in [2.75, 3.05) is 26.9 Å². The summed E-state index contributed by atoms with van der Waals surface area (Å²) in [5.41, 5.74) is 3.18. The molecule has 1 aliphatic heterocycles. The highest BCUT2D eigenvalue weighted by Crippen LogP contribution is 2.44. The predicted octanol–water partition coefficient (Wildman–Crippen LogP) is 3.40. The third-order valence-corrected chi connectivity index (χ3v) is 6.99. The van der Waals surface area contributed by atoms with Crippen LogP contribution < -0.4 is 5.32 Å². The second-order valence-electron chi connectivity index (χ2n) is 8.87. The number of fused-ring (bicyclic) bond motifs is 3. The van der Waals surface area contributed by atoms with Gasteiger partial charge in [-0.2, -0.15) is 0 Å². The normalized spacial score (nSPS) is 19.7. The van der Waals surface area contributed by atoms with Crippen molar-refractivity contribution in [3.8, 4) is 11.1 Å². The Morgan fingerprint density at radius 2 is 1.76 bits per heavy atom. The van der Waals surface area contributed by atoms with Crippen LogP contribution in [0.2, 0.25) is 0 Å². The number of nitrogens with one attached hydrogen (secondary N) is 1. The molecule has 2 amide bonds. The number of likely N-dealkylation sites (N-methyl/N-ethyl adjacent to an activating group) is 1. The molecule has 180 valence electrons. The second-order valence-corrected chi connectivity index (χ2v) is 8.87. The van der Waals surface area contributed by atoms with Gasteiger partial charge in [0.25, 0.3) is 0 Å². The van der Waals surface area contributed by atoms with Gasteiger partial charge in [-0.1, -0.05) is 55.5 Å². The van der Waals surface area contributed by atoms with Crippen molar-refractivity contribution in [3.05, 3.63) is 59.7 Å². The van der Waals surface area contributed by atoms with Gasteiger partial charge in [-0.25, -0.2) is 9.59 Å². The molecule has 1 aliphatic carbocycles. The number of aliphatic carboxylic acids is 1. The van der Waals surface area contributed by atoms with E-state index in [9.17, 15) is 19.5 Å². The van der Waals surface area contributed by atoms with Gasteiger partial charge in [0.15, 0.2) is 5.54 Å². The summed E-state index contributed by atoms with van der Waals surface area (Å²) < 4.78 is 10.8. The molecule has 0 bridgehead atoms. The molecule has 2 N–H and O–H groups in total. The van der Waals surface area contributed by atoms with Crippen LogP contribution in [0.5, 0.6) is 0 Å². The van der Waals surface area contributed by atoms with Crippen molar-refractivity contribution < 1.29 is 29.0 Å². The fraction of sp³-hybridized carbons (Fsp3) is 0.423. The van der Waals surface area contributed by atoms with Crippen molar-refractivity contribution in [2.45, 2.75) is 43.7 Å². The lowest BCUT2D eigenvalue weighted by molar-refractivity contribution is -0.158. The third kappa shape index (κ3) is 4.37. The number of carboxylic acids is 1. The quantitative estimate of drug-likeness (QED) is 0.618. The van der Waals surface area contributed by atoms with Crippen LogP contribution in [0.3, 0.4) is 0 Å². The topological polar surface area (TPSA) is 105 Å². The molecule has 2 atom stereocenters. The Morgan fingerprint density at radius 3 is 2.29 bits per heavy atom. The molecule has 1 unspecified atom stereocenters. The van der Waals surface area contributed by atoms with E-state index in [4.69, 9.17) is 9.47 Å². The van der Waals surface area contributed by atoms with E-state index in [1.165, 1.54) is 11.9 Å². The van der Waals surface area contributed by atoms with E-state index in [0.717, 1.165) is 22.3 Å². The van der Waals surface area contributed by atoms with E-state index in [2.05, 4.69) is 29.6 Å². The first-order valence-electron chi connectivity index (χ1n) is 11.6. The average molecular weight is 467 g/mol. The minimum atomic E-state index is -1.36. The van der Waals surface area contributed by atoms with Gasteiger partial charge in [0.2, 0.25) is 5.91 Å². The van der Waals surface area contributed by atoms with E-state index in [-0.39, 0.29) is 37.9 Å². The number of hydrogen-bond donors (Lipinski definition) is 2. The summed E-state index contributed by atoms with van der Waals surface area (Å²) in [6.07, 6.45) is 0.120. The molecule has 2 aliphatic rings. The lowest BCUT2D eigenvalue weighted by atomic mass is 9.96. The molecule has 0 saturated carbocycles. The van der Waals surface area contributed by atoms with Gasteiger partial charge in [-0.05, 0) is 28.7 Å². The van der Waals surface area contributed by atoms with Crippen LogP contribution in [0, 0.1) is 0 Å². The number of alkyl carbamates (subject to hydrolysis) is 1. The highest BCUT2D eigenvalue weighted by molar-refractivity contribution is 5.88. The number of carboxylic acid groups (broad SMARTS) is 1. The fourth-order valence-electron chi connectivity index (χ4n) is 4.82. The molecule has 1 fully saturated rings. The highest BCUT2D eigenvalue weighted by atomic mass is 16.5. The molecule has 2 aromatic rings. The summed E-state index contributed by atoms with van der Waals surface area (Å²) in [6, 6.07) is 15.7. The zero-order chi connectivity index (χ0) is 24.3.